The highest BCUT2D eigenvalue weighted by atomic mass is 35.5. The molecular formula is C13H24ClNO. The number of fused-ring (bicyclic) bond motifs is 1. The van der Waals surface area contributed by atoms with Crippen molar-refractivity contribution in [3.8, 4) is 0 Å². The second kappa shape index (κ2) is 5.50. The molecule has 16 heavy (non-hydrogen) atoms. The van der Waals surface area contributed by atoms with Gasteiger partial charge in [0, 0.05) is 18.4 Å². The summed E-state index contributed by atoms with van der Waals surface area (Å²) in [6.07, 6.45) is 5.07. The monoisotopic (exact) mass is 245 g/mol. The first-order chi connectivity index (χ1) is 7.11. The molecule has 0 aliphatic heterocycles. The topological polar surface area (TPSA) is 20.3 Å². The van der Waals surface area contributed by atoms with Crippen LogP contribution in [0.5, 0.6) is 0 Å². The van der Waals surface area contributed by atoms with Crippen LogP contribution in [0.4, 0.5) is 0 Å². The van der Waals surface area contributed by atoms with Crippen LogP contribution < -0.4 is 0 Å². The molecule has 2 aliphatic carbocycles. The van der Waals surface area contributed by atoms with E-state index in [9.17, 15) is 4.79 Å². The van der Waals surface area contributed by atoms with E-state index in [1.165, 1.54) is 19.3 Å². The van der Waals surface area contributed by atoms with E-state index in [4.69, 9.17) is 0 Å². The molecule has 0 spiro atoms. The Balaban J connectivity index is 0.00000128. The fourth-order valence-electron chi connectivity index (χ4n) is 3.62. The quantitative estimate of drug-likeness (QED) is 0.746. The number of carbonyl (C=O) groups is 1. The number of hydrogen-bond acceptors (Lipinski definition) is 2. The van der Waals surface area contributed by atoms with Gasteiger partial charge in [0.2, 0.25) is 0 Å². The van der Waals surface area contributed by atoms with Crippen LogP contribution in [0.25, 0.3) is 0 Å². The maximum Gasteiger partial charge on any atom is 0.140 e. The molecule has 2 rings (SSSR count). The second-order valence-electron chi connectivity index (χ2n) is 5.69. The van der Waals surface area contributed by atoms with E-state index in [0.29, 0.717) is 29.5 Å². The second-order valence-corrected chi connectivity index (χ2v) is 5.69. The fraction of sp³-hybridized carbons (Fsp3) is 0.923. The van der Waals surface area contributed by atoms with E-state index in [1.54, 1.807) is 0 Å². The third-order valence-electron chi connectivity index (χ3n) is 4.42. The molecule has 94 valence electrons. The SMILES string of the molecule is CC1C(CN(C)C)C(=O)C2CCCCC21.Cl. The van der Waals surface area contributed by atoms with E-state index in [1.807, 2.05) is 0 Å². The summed E-state index contributed by atoms with van der Waals surface area (Å²) in [5, 5.41) is 0. The molecule has 0 N–H and O–H groups in total. The van der Waals surface area contributed by atoms with Gasteiger partial charge in [-0.3, -0.25) is 4.79 Å². The van der Waals surface area contributed by atoms with Crippen molar-refractivity contribution >= 4 is 18.2 Å². The standard InChI is InChI=1S/C13H23NO.ClH/c1-9-10-6-4-5-7-11(10)13(15)12(9)8-14(2)3;/h9-12H,4-8H2,1-3H3;1H. The molecule has 0 radical (unpaired) electrons. The van der Waals surface area contributed by atoms with Crippen LogP contribution in [0.15, 0.2) is 0 Å². The Morgan fingerprint density at radius 1 is 1.25 bits per heavy atom. The highest BCUT2D eigenvalue weighted by Gasteiger charge is 2.47. The molecule has 0 heterocycles. The van der Waals surface area contributed by atoms with Crippen molar-refractivity contribution in [1.82, 2.24) is 4.90 Å². The summed E-state index contributed by atoms with van der Waals surface area (Å²) >= 11 is 0. The van der Waals surface area contributed by atoms with Gasteiger partial charge in [0.05, 0.1) is 0 Å². The highest BCUT2D eigenvalue weighted by molar-refractivity contribution is 5.86. The molecule has 4 unspecified atom stereocenters. The Labute approximate surface area is 105 Å². The lowest BCUT2D eigenvalue weighted by Crippen LogP contribution is -2.28. The zero-order valence-corrected chi connectivity index (χ0v) is 11.4. The Kier molecular flexibility index (Phi) is 4.81. The van der Waals surface area contributed by atoms with Gasteiger partial charge >= 0.3 is 0 Å². The minimum atomic E-state index is 0. The molecular weight excluding hydrogens is 222 g/mol. The van der Waals surface area contributed by atoms with Gasteiger partial charge in [-0.05, 0) is 38.8 Å². The normalized spacial score (nSPS) is 38.4. The van der Waals surface area contributed by atoms with Crippen LogP contribution in [0, 0.1) is 23.7 Å². The van der Waals surface area contributed by atoms with Crippen LogP contribution in [0.3, 0.4) is 0 Å². The van der Waals surface area contributed by atoms with Gasteiger partial charge in [-0.1, -0.05) is 19.8 Å². The molecule has 0 bridgehead atoms. The third kappa shape index (κ3) is 2.43. The minimum Gasteiger partial charge on any atom is -0.309 e. The lowest BCUT2D eigenvalue weighted by Gasteiger charge is -2.26. The van der Waals surface area contributed by atoms with Gasteiger partial charge in [-0.25, -0.2) is 0 Å². The Hall–Kier alpha value is -0.0800. The van der Waals surface area contributed by atoms with Gasteiger partial charge in [-0.15, -0.1) is 12.4 Å². The fourth-order valence-corrected chi connectivity index (χ4v) is 3.62. The van der Waals surface area contributed by atoms with Crippen molar-refractivity contribution in [3.05, 3.63) is 0 Å². The van der Waals surface area contributed by atoms with E-state index in [-0.39, 0.29) is 12.4 Å². The van der Waals surface area contributed by atoms with E-state index in [0.717, 1.165) is 13.0 Å². The summed E-state index contributed by atoms with van der Waals surface area (Å²) in [5.41, 5.74) is 0. The lowest BCUT2D eigenvalue weighted by molar-refractivity contribution is -0.125. The van der Waals surface area contributed by atoms with E-state index >= 15 is 0 Å². The molecule has 0 aromatic heterocycles. The number of Topliss-reactive ketones (excluding diaryl/α,β-unsaturated/α-hetero) is 1. The van der Waals surface area contributed by atoms with E-state index in [2.05, 4.69) is 25.9 Å². The van der Waals surface area contributed by atoms with Crippen LogP contribution in [0.1, 0.15) is 32.6 Å². The zero-order valence-electron chi connectivity index (χ0n) is 10.6. The number of nitrogens with zero attached hydrogens (tertiary/aromatic N) is 1. The lowest BCUT2D eigenvalue weighted by atomic mass is 9.78. The number of rotatable bonds is 2. The zero-order chi connectivity index (χ0) is 11.0. The maximum atomic E-state index is 12.3. The molecule has 0 amide bonds. The summed E-state index contributed by atoms with van der Waals surface area (Å²) < 4.78 is 0. The first-order valence-corrected chi connectivity index (χ1v) is 6.29. The van der Waals surface area contributed by atoms with Crippen LogP contribution in [-0.2, 0) is 4.79 Å². The molecule has 2 nitrogen and oxygen atoms in total. The van der Waals surface area contributed by atoms with Crippen molar-refractivity contribution in [1.29, 1.82) is 0 Å². The maximum absolute atomic E-state index is 12.3. The molecule has 2 saturated carbocycles. The molecule has 2 fully saturated rings. The summed E-state index contributed by atoms with van der Waals surface area (Å²) in [4.78, 5) is 14.4. The Morgan fingerprint density at radius 3 is 2.44 bits per heavy atom. The number of hydrogen-bond donors (Lipinski definition) is 0. The third-order valence-corrected chi connectivity index (χ3v) is 4.42. The summed E-state index contributed by atoms with van der Waals surface area (Å²) in [7, 11) is 4.14. The molecule has 0 aromatic carbocycles. The predicted octanol–water partition coefficient (Wildman–Crippen LogP) is 2.61. The van der Waals surface area contributed by atoms with Crippen molar-refractivity contribution in [2.24, 2.45) is 23.7 Å². The van der Waals surface area contributed by atoms with Crippen LogP contribution in [0.2, 0.25) is 0 Å². The highest BCUT2D eigenvalue weighted by Crippen LogP contribution is 2.46. The smallest absolute Gasteiger partial charge is 0.140 e. The predicted molar refractivity (Wildman–Crippen MR) is 68.9 cm³/mol. The average molecular weight is 246 g/mol. The van der Waals surface area contributed by atoms with Crippen LogP contribution in [-0.4, -0.2) is 31.3 Å². The van der Waals surface area contributed by atoms with Gasteiger partial charge in [0.15, 0.2) is 0 Å². The molecule has 0 saturated heterocycles. The number of carbonyl (C=O) groups excluding carboxylic acids is 1. The summed E-state index contributed by atoms with van der Waals surface area (Å²) in [6.45, 7) is 3.25. The van der Waals surface area contributed by atoms with Gasteiger partial charge in [-0.2, -0.15) is 0 Å². The summed E-state index contributed by atoms with van der Waals surface area (Å²) in [5.74, 6) is 2.62. The summed E-state index contributed by atoms with van der Waals surface area (Å²) in [6, 6.07) is 0. The van der Waals surface area contributed by atoms with Crippen molar-refractivity contribution in [2.45, 2.75) is 32.6 Å². The van der Waals surface area contributed by atoms with Crippen LogP contribution >= 0.6 is 12.4 Å². The van der Waals surface area contributed by atoms with Gasteiger partial charge in [0.1, 0.15) is 5.78 Å². The molecule has 2 aliphatic rings. The number of halogens is 1. The Morgan fingerprint density at radius 2 is 1.88 bits per heavy atom. The van der Waals surface area contributed by atoms with Gasteiger partial charge < -0.3 is 4.90 Å². The van der Waals surface area contributed by atoms with Crippen molar-refractivity contribution in [2.75, 3.05) is 20.6 Å². The average Bonchev–Trinajstić information content (AvgIpc) is 2.44. The molecule has 0 aromatic rings. The Bertz CT molecular complexity index is 254. The number of ketones is 1. The van der Waals surface area contributed by atoms with Crippen molar-refractivity contribution in [3.63, 3.8) is 0 Å². The first kappa shape index (κ1) is 14.0. The van der Waals surface area contributed by atoms with E-state index < -0.39 is 0 Å². The van der Waals surface area contributed by atoms with Crippen molar-refractivity contribution < 1.29 is 4.79 Å². The molecule has 3 heteroatoms. The minimum absolute atomic E-state index is 0. The van der Waals surface area contributed by atoms with Gasteiger partial charge in [0.25, 0.3) is 0 Å². The molecule has 4 atom stereocenters. The largest absolute Gasteiger partial charge is 0.309 e. The first-order valence-electron chi connectivity index (χ1n) is 6.29.